The molecule has 1 saturated heterocycles. The number of carboxylic acid groups (broad SMARTS) is 1. The topological polar surface area (TPSA) is 78.4 Å². The van der Waals surface area contributed by atoms with E-state index in [-0.39, 0.29) is 23.8 Å². The van der Waals surface area contributed by atoms with E-state index in [2.05, 4.69) is 10.6 Å². The first-order valence-corrected chi connectivity index (χ1v) is 6.90. The SMILES string of the molecule is O=C(O)C1CCCC(NC(=O)[C@@H]2CCCNC2)C1. The highest BCUT2D eigenvalue weighted by molar-refractivity contribution is 5.79. The number of carboxylic acids is 1. The van der Waals surface area contributed by atoms with Gasteiger partial charge >= 0.3 is 5.97 Å². The van der Waals surface area contributed by atoms with Crippen LogP contribution in [0.25, 0.3) is 0 Å². The van der Waals surface area contributed by atoms with E-state index in [1.54, 1.807) is 0 Å². The minimum atomic E-state index is -0.728. The molecule has 3 atom stereocenters. The smallest absolute Gasteiger partial charge is 0.306 e. The van der Waals surface area contributed by atoms with Crippen molar-refractivity contribution in [2.24, 2.45) is 11.8 Å². The van der Waals surface area contributed by atoms with Gasteiger partial charge in [-0.3, -0.25) is 9.59 Å². The molecule has 1 aliphatic heterocycles. The highest BCUT2D eigenvalue weighted by atomic mass is 16.4. The summed E-state index contributed by atoms with van der Waals surface area (Å²) < 4.78 is 0. The average molecular weight is 254 g/mol. The van der Waals surface area contributed by atoms with Gasteiger partial charge in [-0.25, -0.2) is 0 Å². The maximum atomic E-state index is 12.0. The summed E-state index contributed by atoms with van der Waals surface area (Å²) in [6.07, 6.45) is 5.11. The summed E-state index contributed by atoms with van der Waals surface area (Å²) in [5.74, 6) is -0.857. The Bertz CT molecular complexity index is 313. The van der Waals surface area contributed by atoms with Crippen molar-refractivity contribution in [2.45, 2.75) is 44.6 Å². The Morgan fingerprint density at radius 3 is 2.56 bits per heavy atom. The molecule has 2 fully saturated rings. The molecular formula is C13H22N2O3. The molecule has 5 heteroatoms. The fraction of sp³-hybridized carbons (Fsp3) is 0.846. The largest absolute Gasteiger partial charge is 0.481 e. The van der Waals surface area contributed by atoms with Gasteiger partial charge in [0.05, 0.1) is 11.8 Å². The number of amides is 1. The zero-order valence-corrected chi connectivity index (χ0v) is 10.7. The Hall–Kier alpha value is -1.10. The summed E-state index contributed by atoms with van der Waals surface area (Å²) in [5.41, 5.74) is 0. The van der Waals surface area contributed by atoms with Crippen molar-refractivity contribution in [1.82, 2.24) is 10.6 Å². The van der Waals surface area contributed by atoms with Gasteiger partial charge in [0.25, 0.3) is 0 Å². The first kappa shape index (κ1) is 13.3. The Labute approximate surface area is 107 Å². The van der Waals surface area contributed by atoms with Gasteiger partial charge in [-0.2, -0.15) is 0 Å². The normalized spacial score (nSPS) is 32.8. The molecule has 2 unspecified atom stereocenters. The van der Waals surface area contributed by atoms with E-state index in [0.29, 0.717) is 6.42 Å². The van der Waals surface area contributed by atoms with Gasteiger partial charge < -0.3 is 15.7 Å². The van der Waals surface area contributed by atoms with Gasteiger partial charge in [0.15, 0.2) is 0 Å². The van der Waals surface area contributed by atoms with E-state index in [1.807, 2.05) is 0 Å². The number of piperidine rings is 1. The van der Waals surface area contributed by atoms with E-state index >= 15 is 0 Å². The lowest BCUT2D eigenvalue weighted by Crippen LogP contribution is -2.46. The molecule has 1 saturated carbocycles. The number of carbonyl (C=O) groups is 2. The molecule has 2 rings (SSSR count). The molecule has 102 valence electrons. The monoisotopic (exact) mass is 254 g/mol. The highest BCUT2D eigenvalue weighted by Gasteiger charge is 2.29. The molecule has 1 aliphatic carbocycles. The van der Waals surface area contributed by atoms with Crippen molar-refractivity contribution in [3.63, 3.8) is 0 Å². The van der Waals surface area contributed by atoms with Crippen LogP contribution < -0.4 is 10.6 Å². The lowest BCUT2D eigenvalue weighted by molar-refractivity contribution is -0.143. The number of hydrogen-bond donors (Lipinski definition) is 3. The standard InChI is InChI=1S/C13H22N2O3/c16-12(10-4-2-6-14-8-10)15-11-5-1-3-9(7-11)13(17)18/h9-11,14H,1-8H2,(H,15,16)(H,17,18)/t9?,10-,11?/m1/s1. The second kappa shape index (κ2) is 6.18. The van der Waals surface area contributed by atoms with Crippen molar-refractivity contribution in [2.75, 3.05) is 13.1 Å². The van der Waals surface area contributed by atoms with Crippen LogP contribution >= 0.6 is 0 Å². The van der Waals surface area contributed by atoms with Gasteiger partial charge in [0, 0.05) is 12.6 Å². The first-order chi connectivity index (χ1) is 8.66. The second-order valence-corrected chi connectivity index (χ2v) is 5.45. The fourth-order valence-corrected chi connectivity index (χ4v) is 2.94. The lowest BCUT2D eigenvalue weighted by Gasteiger charge is -2.30. The van der Waals surface area contributed by atoms with Crippen molar-refractivity contribution in [3.8, 4) is 0 Å². The zero-order chi connectivity index (χ0) is 13.0. The Kier molecular flexibility index (Phi) is 4.58. The van der Waals surface area contributed by atoms with Gasteiger partial charge in [-0.05, 0) is 38.6 Å². The van der Waals surface area contributed by atoms with Crippen LogP contribution in [-0.4, -0.2) is 36.1 Å². The Balaban J connectivity index is 1.81. The van der Waals surface area contributed by atoms with Crippen LogP contribution in [0.3, 0.4) is 0 Å². The fourth-order valence-electron chi connectivity index (χ4n) is 2.94. The van der Waals surface area contributed by atoms with E-state index in [4.69, 9.17) is 5.11 Å². The van der Waals surface area contributed by atoms with Crippen molar-refractivity contribution < 1.29 is 14.7 Å². The minimum absolute atomic E-state index is 0.0503. The van der Waals surface area contributed by atoms with Gasteiger partial charge in [0.1, 0.15) is 0 Å². The van der Waals surface area contributed by atoms with Crippen LogP contribution in [0.5, 0.6) is 0 Å². The molecule has 3 N–H and O–H groups in total. The maximum Gasteiger partial charge on any atom is 0.306 e. The third-order valence-corrected chi connectivity index (χ3v) is 4.04. The summed E-state index contributed by atoms with van der Waals surface area (Å²) in [5, 5.41) is 15.3. The number of rotatable bonds is 3. The van der Waals surface area contributed by atoms with E-state index in [0.717, 1.165) is 45.2 Å². The summed E-state index contributed by atoms with van der Waals surface area (Å²) in [7, 11) is 0. The minimum Gasteiger partial charge on any atom is -0.481 e. The van der Waals surface area contributed by atoms with Gasteiger partial charge in [0.2, 0.25) is 5.91 Å². The lowest BCUT2D eigenvalue weighted by atomic mass is 9.85. The first-order valence-electron chi connectivity index (χ1n) is 6.90. The molecule has 0 radical (unpaired) electrons. The molecule has 18 heavy (non-hydrogen) atoms. The Morgan fingerprint density at radius 1 is 1.11 bits per heavy atom. The maximum absolute atomic E-state index is 12.0. The third kappa shape index (κ3) is 3.45. The number of hydrogen-bond acceptors (Lipinski definition) is 3. The van der Waals surface area contributed by atoms with Crippen molar-refractivity contribution in [3.05, 3.63) is 0 Å². The van der Waals surface area contributed by atoms with Crippen LogP contribution in [0.2, 0.25) is 0 Å². The van der Waals surface area contributed by atoms with Crippen LogP contribution in [-0.2, 0) is 9.59 Å². The summed E-state index contributed by atoms with van der Waals surface area (Å²) in [4.78, 5) is 23.0. The number of carbonyl (C=O) groups excluding carboxylic acids is 1. The van der Waals surface area contributed by atoms with Gasteiger partial charge in [-0.1, -0.05) is 6.42 Å². The molecule has 2 aliphatic rings. The molecule has 0 bridgehead atoms. The zero-order valence-electron chi connectivity index (χ0n) is 10.7. The molecule has 0 aromatic heterocycles. The molecule has 0 aromatic carbocycles. The quantitative estimate of drug-likeness (QED) is 0.694. The summed E-state index contributed by atoms with van der Waals surface area (Å²) in [6.45, 7) is 1.75. The molecule has 5 nitrogen and oxygen atoms in total. The molecule has 1 heterocycles. The van der Waals surface area contributed by atoms with E-state index in [1.165, 1.54) is 0 Å². The predicted molar refractivity (Wildman–Crippen MR) is 67.1 cm³/mol. The molecular weight excluding hydrogens is 232 g/mol. The van der Waals surface area contributed by atoms with Crippen LogP contribution in [0.4, 0.5) is 0 Å². The van der Waals surface area contributed by atoms with Crippen molar-refractivity contribution in [1.29, 1.82) is 0 Å². The molecule has 0 aromatic rings. The highest BCUT2D eigenvalue weighted by Crippen LogP contribution is 2.25. The third-order valence-electron chi connectivity index (χ3n) is 4.04. The van der Waals surface area contributed by atoms with E-state index in [9.17, 15) is 9.59 Å². The second-order valence-electron chi connectivity index (χ2n) is 5.45. The number of nitrogens with one attached hydrogen (secondary N) is 2. The molecule has 0 spiro atoms. The van der Waals surface area contributed by atoms with Crippen LogP contribution in [0.1, 0.15) is 38.5 Å². The van der Waals surface area contributed by atoms with Crippen LogP contribution in [0.15, 0.2) is 0 Å². The predicted octanol–water partition coefficient (Wildman–Crippen LogP) is 0.746. The van der Waals surface area contributed by atoms with Gasteiger partial charge in [-0.15, -0.1) is 0 Å². The summed E-state index contributed by atoms with van der Waals surface area (Å²) in [6, 6.07) is 0.0503. The van der Waals surface area contributed by atoms with Crippen molar-refractivity contribution >= 4 is 11.9 Å². The Morgan fingerprint density at radius 2 is 1.89 bits per heavy atom. The molecule has 1 amide bonds. The van der Waals surface area contributed by atoms with E-state index < -0.39 is 5.97 Å². The summed E-state index contributed by atoms with van der Waals surface area (Å²) >= 11 is 0. The average Bonchev–Trinajstić information content (AvgIpc) is 2.40. The van der Waals surface area contributed by atoms with Crippen LogP contribution in [0, 0.1) is 11.8 Å². The number of aliphatic carboxylic acids is 1.